The number of sulfone groups is 1. The first-order valence-electron chi connectivity index (χ1n) is 11.4. The summed E-state index contributed by atoms with van der Waals surface area (Å²) in [6.07, 6.45) is 5.99. The highest BCUT2D eigenvalue weighted by atomic mass is 32.2. The largest absolute Gasteiger partial charge is 0.448 e. The van der Waals surface area contributed by atoms with E-state index < -0.39 is 15.6 Å². The normalized spacial score (nSPS) is 27.4. The van der Waals surface area contributed by atoms with Gasteiger partial charge in [-0.15, -0.1) is 0 Å². The average Bonchev–Trinajstić information content (AvgIpc) is 3.27. The summed E-state index contributed by atoms with van der Waals surface area (Å²) >= 11 is 0. The molecule has 1 saturated carbocycles. The van der Waals surface area contributed by atoms with Crippen LogP contribution in [0.15, 0.2) is 18.2 Å². The Morgan fingerprint density at radius 3 is 2.52 bits per heavy atom. The van der Waals surface area contributed by atoms with Gasteiger partial charge < -0.3 is 14.8 Å². The molecule has 3 fully saturated rings. The third kappa shape index (κ3) is 4.68. The van der Waals surface area contributed by atoms with Gasteiger partial charge in [-0.2, -0.15) is 0 Å². The van der Waals surface area contributed by atoms with Gasteiger partial charge in [-0.05, 0) is 31.4 Å². The number of anilines is 1. The van der Waals surface area contributed by atoms with Crippen molar-refractivity contribution in [3.05, 3.63) is 18.2 Å². The number of rotatable bonds is 4. The molecule has 0 radical (unpaired) electrons. The summed E-state index contributed by atoms with van der Waals surface area (Å²) in [5.74, 6) is 1.48. The molecule has 2 saturated heterocycles. The highest BCUT2D eigenvalue weighted by molar-refractivity contribution is 7.91. The van der Waals surface area contributed by atoms with E-state index in [1.54, 1.807) is 0 Å². The average molecular weight is 450 g/mol. The van der Waals surface area contributed by atoms with Gasteiger partial charge in [0.1, 0.15) is 0 Å². The Morgan fingerprint density at radius 2 is 1.81 bits per heavy atom. The van der Waals surface area contributed by atoms with Crippen LogP contribution in [0.4, 0.5) is 5.69 Å². The molecule has 1 aromatic carbocycles. The van der Waals surface area contributed by atoms with E-state index in [-0.39, 0.29) is 17.7 Å². The van der Waals surface area contributed by atoms with Gasteiger partial charge in [0, 0.05) is 56.8 Å². The number of carbonyl (C=O) groups excluding carboxylic acids is 1. The van der Waals surface area contributed by atoms with Crippen molar-refractivity contribution in [3.63, 3.8) is 0 Å². The molecule has 9 heteroatoms. The number of nitrogens with zero attached hydrogens (tertiary/aromatic N) is 2. The summed E-state index contributed by atoms with van der Waals surface area (Å²) in [6, 6.07) is 5.74. The molecule has 1 spiro atoms. The standard InChI is InChI=1S/C22H31N3O5S/c26-21(15-24-9-11-25(12-10-24)18-6-13-31(27,28)16-18)23-17-4-5-19-20(14-17)30-22(29-19)7-2-1-3-8-22/h4-5,14,18H,1-3,6-13,15-16H2,(H,23,26). The minimum atomic E-state index is -2.86. The third-order valence-electron chi connectivity index (χ3n) is 6.93. The van der Waals surface area contributed by atoms with Crippen molar-refractivity contribution in [2.45, 2.75) is 50.4 Å². The summed E-state index contributed by atoms with van der Waals surface area (Å²) in [5, 5.41) is 2.98. The lowest BCUT2D eigenvalue weighted by Crippen LogP contribution is -2.52. The van der Waals surface area contributed by atoms with Crippen molar-refractivity contribution in [2.75, 3.05) is 49.5 Å². The summed E-state index contributed by atoms with van der Waals surface area (Å²) in [7, 11) is -2.86. The summed E-state index contributed by atoms with van der Waals surface area (Å²) < 4.78 is 35.7. The van der Waals surface area contributed by atoms with Crippen molar-refractivity contribution in [1.82, 2.24) is 9.80 Å². The number of nitrogens with one attached hydrogen (secondary N) is 1. The highest BCUT2D eigenvalue weighted by Crippen LogP contribution is 2.46. The van der Waals surface area contributed by atoms with E-state index in [1.807, 2.05) is 18.2 Å². The van der Waals surface area contributed by atoms with Gasteiger partial charge in [0.25, 0.3) is 5.79 Å². The Labute approximate surface area is 183 Å². The number of fused-ring (bicyclic) bond motifs is 1. The number of ether oxygens (including phenoxy) is 2. The van der Waals surface area contributed by atoms with Crippen LogP contribution in [-0.2, 0) is 14.6 Å². The second-order valence-electron chi connectivity index (χ2n) is 9.25. The van der Waals surface area contributed by atoms with Crippen LogP contribution in [0.5, 0.6) is 11.5 Å². The molecule has 1 aromatic rings. The Bertz CT molecular complexity index is 936. The second kappa shape index (κ2) is 8.26. The molecule has 31 heavy (non-hydrogen) atoms. The first-order chi connectivity index (χ1) is 14.9. The molecule has 1 aliphatic carbocycles. The van der Waals surface area contributed by atoms with Crippen LogP contribution >= 0.6 is 0 Å². The fourth-order valence-corrected chi connectivity index (χ4v) is 6.98. The van der Waals surface area contributed by atoms with Gasteiger partial charge in [0.2, 0.25) is 5.91 Å². The van der Waals surface area contributed by atoms with Gasteiger partial charge in [-0.1, -0.05) is 6.42 Å². The van der Waals surface area contributed by atoms with Crippen molar-refractivity contribution in [1.29, 1.82) is 0 Å². The predicted octanol–water partition coefficient (Wildman–Crippen LogP) is 1.86. The molecule has 1 amide bonds. The lowest BCUT2D eigenvalue weighted by molar-refractivity contribution is -0.117. The van der Waals surface area contributed by atoms with Gasteiger partial charge >= 0.3 is 0 Å². The Morgan fingerprint density at radius 1 is 1.06 bits per heavy atom. The quantitative estimate of drug-likeness (QED) is 0.751. The molecule has 1 N–H and O–H groups in total. The van der Waals surface area contributed by atoms with E-state index in [9.17, 15) is 13.2 Å². The Kier molecular flexibility index (Phi) is 5.60. The molecule has 1 atom stereocenters. The molecule has 4 aliphatic rings. The first-order valence-corrected chi connectivity index (χ1v) is 13.2. The number of piperazine rings is 1. The second-order valence-corrected chi connectivity index (χ2v) is 11.5. The first kappa shape index (κ1) is 21.0. The zero-order valence-electron chi connectivity index (χ0n) is 17.8. The van der Waals surface area contributed by atoms with E-state index >= 15 is 0 Å². The fraction of sp³-hybridized carbons (Fsp3) is 0.682. The van der Waals surface area contributed by atoms with E-state index in [0.29, 0.717) is 18.0 Å². The van der Waals surface area contributed by atoms with Gasteiger partial charge in [-0.3, -0.25) is 14.6 Å². The van der Waals surface area contributed by atoms with Crippen LogP contribution in [0.3, 0.4) is 0 Å². The number of benzene rings is 1. The monoisotopic (exact) mass is 449 g/mol. The Hall–Kier alpha value is -1.84. The summed E-state index contributed by atoms with van der Waals surface area (Å²) in [4.78, 5) is 17.0. The molecular formula is C22H31N3O5S. The summed E-state index contributed by atoms with van der Waals surface area (Å²) in [5.41, 5.74) is 0.718. The van der Waals surface area contributed by atoms with E-state index in [4.69, 9.17) is 9.47 Å². The lowest BCUT2D eigenvalue weighted by atomic mass is 9.94. The van der Waals surface area contributed by atoms with Crippen molar-refractivity contribution < 1.29 is 22.7 Å². The molecule has 170 valence electrons. The molecule has 8 nitrogen and oxygen atoms in total. The molecule has 0 bridgehead atoms. The van der Waals surface area contributed by atoms with E-state index in [0.717, 1.165) is 69.7 Å². The molecule has 3 aliphatic heterocycles. The number of amides is 1. The van der Waals surface area contributed by atoms with Gasteiger partial charge in [0.05, 0.1) is 18.1 Å². The van der Waals surface area contributed by atoms with Crippen LogP contribution in [0.1, 0.15) is 38.5 Å². The van der Waals surface area contributed by atoms with E-state index in [1.165, 1.54) is 6.42 Å². The lowest BCUT2D eigenvalue weighted by Gasteiger charge is -2.37. The van der Waals surface area contributed by atoms with Crippen molar-refractivity contribution in [2.24, 2.45) is 0 Å². The maximum atomic E-state index is 12.6. The SMILES string of the molecule is O=C(CN1CCN(C2CCS(=O)(=O)C2)CC1)Nc1ccc2c(c1)OC1(CCCCC1)O2. The van der Waals surface area contributed by atoms with E-state index in [2.05, 4.69) is 15.1 Å². The van der Waals surface area contributed by atoms with Crippen LogP contribution in [0.25, 0.3) is 0 Å². The molecule has 5 rings (SSSR count). The number of hydrogen-bond donors (Lipinski definition) is 1. The maximum Gasteiger partial charge on any atom is 0.251 e. The van der Waals surface area contributed by atoms with Crippen LogP contribution in [0, 0.1) is 0 Å². The van der Waals surface area contributed by atoms with Crippen LogP contribution < -0.4 is 14.8 Å². The maximum absolute atomic E-state index is 12.6. The fourth-order valence-electron chi connectivity index (χ4n) is 5.22. The summed E-state index contributed by atoms with van der Waals surface area (Å²) in [6.45, 7) is 3.48. The minimum absolute atomic E-state index is 0.0526. The van der Waals surface area contributed by atoms with Gasteiger partial charge in [0.15, 0.2) is 21.3 Å². The third-order valence-corrected chi connectivity index (χ3v) is 8.68. The molecule has 0 aromatic heterocycles. The molecular weight excluding hydrogens is 418 g/mol. The number of hydrogen-bond acceptors (Lipinski definition) is 7. The van der Waals surface area contributed by atoms with Crippen molar-refractivity contribution in [3.8, 4) is 11.5 Å². The molecule has 1 unspecified atom stereocenters. The number of carbonyl (C=O) groups is 1. The zero-order valence-corrected chi connectivity index (χ0v) is 18.7. The minimum Gasteiger partial charge on any atom is -0.448 e. The van der Waals surface area contributed by atoms with Gasteiger partial charge in [-0.25, -0.2) is 8.42 Å². The van der Waals surface area contributed by atoms with Crippen molar-refractivity contribution >= 4 is 21.4 Å². The topological polar surface area (TPSA) is 88.2 Å². The zero-order chi connectivity index (χ0) is 21.5. The highest BCUT2D eigenvalue weighted by Gasteiger charge is 2.42. The van der Waals surface area contributed by atoms with Crippen LogP contribution in [0.2, 0.25) is 0 Å². The Balaban J connectivity index is 1.11. The molecule has 3 heterocycles. The predicted molar refractivity (Wildman–Crippen MR) is 117 cm³/mol. The van der Waals surface area contributed by atoms with Crippen LogP contribution in [-0.4, -0.2) is 80.2 Å². The smallest absolute Gasteiger partial charge is 0.251 e.